The molecule has 0 aromatic heterocycles. The maximum Gasteiger partial charge on any atom is 0.125 e. The Morgan fingerprint density at radius 1 is 1.20 bits per heavy atom. The molecule has 2 aromatic rings. The summed E-state index contributed by atoms with van der Waals surface area (Å²) in [5.41, 5.74) is 3.85. The van der Waals surface area contributed by atoms with E-state index in [9.17, 15) is 9.65 Å². The third-order valence-corrected chi connectivity index (χ3v) is 3.60. The highest BCUT2D eigenvalue weighted by molar-refractivity contribution is 5.74. The van der Waals surface area contributed by atoms with Gasteiger partial charge in [-0.15, -0.1) is 0 Å². The second kappa shape index (κ2) is 4.95. The molecule has 0 amide bonds. The van der Waals surface area contributed by atoms with E-state index in [0.717, 1.165) is 29.9 Å². The van der Waals surface area contributed by atoms with Crippen LogP contribution in [-0.2, 0) is 13.0 Å². The van der Waals surface area contributed by atoms with Gasteiger partial charge in [0.25, 0.3) is 0 Å². The van der Waals surface area contributed by atoms with Crippen LogP contribution in [0.1, 0.15) is 16.7 Å². The fraction of sp³-hybridized carbons (Fsp3) is 0.188. The van der Waals surface area contributed by atoms with Crippen molar-refractivity contribution in [3.8, 4) is 6.07 Å². The largest absolute Gasteiger partial charge is 0.392 e. The second-order valence-electron chi connectivity index (χ2n) is 4.80. The first-order valence-electron chi connectivity index (χ1n) is 6.43. The van der Waals surface area contributed by atoms with Crippen LogP contribution in [0, 0.1) is 17.1 Å². The lowest BCUT2D eigenvalue weighted by Crippen LogP contribution is -2.15. The Morgan fingerprint density at radius 3 is 2.80 bits per heavy atom. The van der Waals surface area contributed by atoms with E-state index in [0.29, 0.717) is 11.1 Å². The maximum atomic E-state index is 13.4. The van der Waals surface area contributed by atoms with Gasteiger partial charge in [0, 0.05) is 12.2 Å². The zero-order valence-corrected chi connectivity index (χ0v) is 10.8. The third kappa shape index (κ3) is 2.02. The zero-order chi connectivity index (χ0) is 14.1. The number of benzene rings is 2. The summed E-state index contributed by atoms with van der Waals surface area (Å²) in [6.45, 7) is 0.631. The lowest BCUT2D eigenvalue weighted by atomic mass is 10.1. The highest BCUT2D eigenvalue weighted by Crippen LogP contribution is 2.36. The van der Waals surface area contributed by atoms with Gasteiger partial charge in [-0.05, 0) is 41.8 Å². The minimum absolute atomic E-state index is 0.0970. The molecule has 20 heavy (non-hydrogen) atoms. The molecule has 1 aliphatic heterocycles. The Labute approximate surface area is 116 Å². The lowest BCUT2D eigenvalue weighted by molar-refractivity contribution is 0.282. The molecule has 0 unspecified atom stereocenters. The van der Waals surface area contributed by atoms with Crippen LogP contribution in [0.4, 0.5) is 15.8 Å². The standard InChI is InChI=1S/C16H13FN2O/c17-14-3-2-12-5-6-19(16(12)8-14)15-4-1-11(10-20)7-13(15)9-18/h1-4,7-8,20H,5-6,10H2. The molecule has 0 fully saturated rings. The van der Waals surface area contributed by atoms with Crippen LogP contribution in [0.25, 0.3) is 0 Å². The van der Waals surface area contributed by atoms with E-state index in [1.165, 1.54) is 12.1 Å². The van der Waals surface area contributed by atoms with Crippen molar-refractivity contribution in [2.24, 2.45) is 0 Å². The molecule has 0 spiro atoms. The van der Waals surface area contributed by atoms with Crippen LogP contribution in [0.5, 0.6) is 0 Å². The molecular formula is C16H13FN2O. The molecule has 100 valence electrons. The van der Waals surface area contributed by atoms with Crippen LogP contribution >= 0.6 is 0 Å². The van der Waals surface area contributed by atoms with E-state index < -0.39 is 0 Å². The molecule has 0 saturated carbocycles. The fourth-order valence-electron chi connectivity index (χ4n) is 2.61. The smallest absolute Gasteiger partial charge is 0.125 e. The molecule has 0 bridgehead atoms. The van der Waals surface area contributed by atoms with Gasteiger partial charge in [-0.3, -0.25) is 0 Å². The average Bonchev–Trinajstić information content (AvgIpc) is 2.89. The van der Waals surface area contributed by atoms with Gasteiger partial charge in [0.15, 0.2) is 0 Å². The second-order valence-corrected chi connectivity index (χ2v) is 4.80. The van der Waals surface area contributed by atoms with Gasteiger partial charge in [-0.25, -0.2) is 4.39 Å². The van der Waals surface area contributed by atoms with E-state index >= 15 is 0 Å². The number of nitriles is 1. The Morgan fingerprint density at radius 2 is 2.05 bits per heavy atom. The molecular weight excluding hydrogens is 255 g/mol. The van der Waals surface area contributed by atoms with Crippen LogP contribution < -0.4 is 4.90 Å². The molecule has 0 radical (unpaired) electrons. The highest BCUT2D eigenvalue weighted by Gasteiger charge is 2.23. The Hall–Kier alpha value is -2.38. The van der Waals surface area contributed by atoms with E-state index in [1.54, 1.807) is 18.2 Å². The lowest BCUT2D eigenvalue weighted by Gasteiger charge is -2.21. The van der Waals surface area contributed by atoms with E-state index in [-0.39, 0.29) is 12.4 Å². The predicted octanol–water partition coefficient (Wildman–Crippen LogP) is 2.88. The molecule has 0 atom stereocenters. The van der Waals surface area contributed by atoms with Crippen molar-refractivity contribution >= 4 is 11.4 Å². The molecule has 0 aliphatic carbocycles. The Kier molecular flexibility index (Phi) is 3.13. The molecule has 2 aromatic carbocycles. The minimum Gasteiger partial charge on any atom is -0.392 e. The fourth-order valence-corrected chi connectivity index (χ4v) is 2.61. The van der Waals surface area contributed by atoms with Gasteiger partial charge in [0.1, 0.15) is 11.9 Å². The first-order chi connectivity index (χ1) is 9.72. The average molecular weight is 268 g/mol. The van der Waals surface area contributed by atoms with Crippen LogP contribution in [0.2, 0.25) is 0 Å². The van der Waals surface area contributed by atoms with Crippen molar-refractivity contribution in [2.75, 3.05) is 11.4 Å². The van der Waals surface area contributed by atoms with Gasteiger partial charge in [-0.2, -0.15) is 5.26 Å². The number of aliphatic hydroxyl groups is 1. The quantitative estimate of drug-likeness (QED) is 0.911. The molecule has 4 heteroatoms. The van der Waals surface area contributed by atoms with E-state index in [1.807, 2.05) is 11.0 Å². The van der Waals surface area contributed by atoms with Gasteiger partial charge >= 0.3 is 0 Å². The van der Waals surface area contributed by atoms with Gasteiger partial charge < -0.3 is 10.0 Å². The Bertz CT molecular complexity index is 706. The third-order valence-electron chi connectivity index (χ3n) is 3.60. The van der Waals surface area contributed by atoms with Crippen molar-refractivity contribution < 1.29 is 9.50 Å². The highest BCUT2D eigenvalue weighted by atomic mass is 19.1. The summed E-state index contributed by atoms with van der Waals surface area (Å²) < 4.78 is 13.4. The number of hydrogen-bond acceptors (Lipinski definition) is 3. The summed E-state index contributed by atoms with van der Waals surface area (Å²) in [4.78, 5) is 1.96. The number of hydrogen-bond donors (Lipinski definition) is 1. The van der Waals surface area contributed by atoms with Gasteiger partial charge in [0.2, 0.25) is 0 Å². The molecule has 1 heterocycles. The van der Waals surface area contributed by atoms with E-state index in [4.69, 9.17) is 5.11 Å². The first-order valence-corrected chi connectivity index (χ1v) is 6.43. The number of halogens is 1. The number of anilines is 2. The number of rotatable bonds is 2. The summed E-state index contributed by atoms with van der Waals surface area (Å²) >= 11 is 0. The molecule has 3 rings (SSSR count). The number of aliphatic hydroxyl groups excluding tert-OH is 1. The van der Waals surface area contributed by atoms with Crippen molar-refractivity contribution in [2.45, 2.75) is 13.0 Å². The number of fused-ring (bicyclic) bond motifs is 1. The zero-order valence-electron chi connectivity index (χ0n) is 10.8. The van der Waals surface area contributed by atoms with Crippen molar-refractivity contribution in [3.05, 3.63) is 58.9 Å². The van der Waals surface area contributed by atoms with Crippen molar-refractivity contribution in [1.29, 1.82) is 5.26 Å². The van der Waals surface area contributed by atoms with Crippen LogP contribution in [0.3, 0.4) is 0 Å². The predicted molar refractivity (Wildman–Crippen MR) is 74.2 cm³/mol. The maximum absolute atomic E-state index is 13.4. The van der Waals surface area contributed by atoms with Crippen LogP contribution in [-0.4, -0.2) is 11.7 Å². The molecule has 1 aliphatic rings. The SMILES string of the molecule is N#Cc1cc(CO)ccc1N1CCc2ccc(F)cc21. The normalized spacial score (nSPS) is 13.2. The summed E-state index contributed by atoms with van der Waals surface area (Å²) in [6, 6.07) is 12.2. The van der Waals surface area contributed by atoms with Crippen molar-refractivity contribution in [3.63, 3.8) is 0 Å². The van der Waals surface area contributed by atoms with Gasteiger partial charge in [0.05, 0.1) is 17.9 Å². The van der Waals surface area contributed by atoms with Crippen molar-refractivity contribution in [1.82, 2.24) is 0 Å². The summed E-state index contributed by atoms with van der Waals surface area (Å²) in [7, 11) is 0. The summed E-state index contributed by atoms with van der Waals surface area (Å²) in [6.07, 6.45) is 0.836. The topological polar surface area (TPSA) is 47.3 Å². The summed E-state index contributed by atoms with van der Waals surface area (Å²) in [5.74, 6) is -0.277. The summed E-state index contributed by atoms with van der Waals surface area (Å²) in [5, 5.41) is 18.4. The molecule has 3 nitrogen and oxygen atoms in total. The number of nitrogens with zero attached hydrogens (tertiary/aromatic N) is 2. The minimum atomic E-state index is -0.277. The van der Waals surface area contributed by atoms with E-state index in [2.05, 4.69) is 6.07 Å². The first kappa shape index (κ1) is 12.6. The molecule has 0 saturated heterocycles. The molecule has 1 N–H and O–H groups in total. The van der Waals surface area contributed by atoms with Gasteiger partial charge in [-0.1, -0.05) is 12.1 Å². The Balaban J connectivity index is 2.08. The van der Waals surface area contributed by atoms with Crippen LogP contribution in [0.15, 0.2) is 36.4 Å². The monoisotopic (exact) mass is 268 g/mol.